The second kappa shape index (κ2) is 10.6. The normalized spacial score (nSPS) is 16.0. The molecule has 0 saturated carbocycles. The Kier molecular flexibility index (Phi) is 9.13. The lowest BCUT2D eigenvalue weighted by Crippen LogP contribution is -2.38. The average molecular weight is 361 g/mol. The van der Waals surface area contributed by atoms with E-state index in [0.29, 0.717) is 0 Å². The highest BCUT2D eigenvalue weighted by Crippen LogP contribution is 2.47. The minimum atomic E-state index is -3.28. The first-order valence-corrected chi connectivity index (χ1v) is 9.08. The van der Waals surface area contributed by atoms with Crippen molar-refractivity contribution in [2.24, 2.45) is 5.16 Å². The highest BCUT2D eigenvalue weighted by Gasteiger charge is 2.28. The standard InChI is InChI=1S/C15H24NO7P/c1-21-24(20,22-2)9-8-13(17)15(19)14(18)10-16-23-11-12-6-4-3-5-7-12/h3-7,10,13-15,17-19H,8-9,11H2,1-2H3/t13-,14-,15-/m1/s1. The van der Waals surface area contributed by atoms with Crippen LogP contribution in [0.15, 0.2) is 35.5 Å². The van der Waals surface area contributed by atoms with Gasteiger partial charge in [-0.05, 0) is 12.0 Å². The Morgan fingerprint density at radius 1 is 1.17 bits per heavy atom. The monoisotopic (exact) mass is 361 g/mol. The van der Waals surface area contributed by atoms with Crippen molar-refractivity contribution in [3.8, 4) is 0 Å². The van der Waals surface area contributed by atoms with Gasteiger partial charge in [-0.15, -0.1) is 0 Å². The molecule has 0 aliphatic carbocycles. The fourth-order valence-electron chi connectivity index (χ4n) is 1.83. The molecule has 136 valence electrons. The first-order valence-electron chi connectivity index (χ1n) is 7.36. The van der Waals surface area contributed by atoms with Gasteiger partial charge >= 0.3 is 7.60 Å². The highest BCUT2D eigenvalue weighted by molar-refractivity contribution is 7.53. The molecule has 0 unspecified atom stereocenters. The zero-order chi connectivity index (χ0) is 18.0. The summed E-state index contributed by atoms with van der Waals surface area (Å²) in [6.45, 7) is 0.216. The van der Waals surface area contributed by atoms with Crippen LogP contribution in [0.25, 0.3) is 0 Å². The Bertz CT molecular complexity index is 532. The van der Waals surface area contributed by atoms with Gasteiger partial charge in [0, 0.05) is 14.2 Å². The van der Waals surface area contributed by atoms with Gasteiger partial charge in [-0.2, -0.15) is 0 Å². The molecule has 0 saturated heterocycles. The van der Waals surface area contributed by atoms with Crippen molar-refractivity contribution in [3.05, 3.63) is 35.9 Å². The van der Waals surface area contributed by atoms with Crippen molar-refractivity contribution in [2.75, 3.05) is 20.4 Å². The molecule has 3 atom stereocenters. The number of hydrogen-bond acceptors (Lipinski definition) is 8. The zero-order valence-corrected chi connectivity index (χ0v) is 14.6. The number of hydrogen-bond donors (Lipinski definition) is 3. The fourth-order valence-corrected chi connectivity index (χ4v) is 2.92. The van der Waals surface area contributed by atoms with Gasteiger partial charge in [-0.1, -0.05) is 35.5 Å². The maximum absolute atomic E-state index is 11.8. The molecule has 1 aromatic rings. The van der Waals surface area contributed by atoms with E-state index in [9.17, 15) is 19.9 Å². The van der Waals surface area contributed by atoms with Crippen LogP contribution in [0, 0.1) is 0 Å². The SMILES string of the molecule is COP(=O)(CC[C@@H](O)[C@@H](O)[C@H](O)C=NOCc1ccccc1)OC. The van der Waals surface area contributed by atoms with E-state index in [1.54, 1.807) is 0 Å². The van der Waals surface area contributed by atoms with Crippen LogP contribution in [0.1, 0.15) is 12.0 Å². The van der Waals surface area contributed by atoms with E-state index in [-0.39, 0.29) is 19.2 Å². The van der Waals surface area contributed by atoms with Gasteiger partial charge in [-0.3, -0.25) is 4.57 Å². The number of nitrogens with zero attached hydrogens (tertiary/aromatic N) is 1. The summed E-state index contributed by atoms with van der Waals surface area (Å²) in [7, 11) is -0.807. The molecule has 0 fully saturated rings. The minimum absolute atomic E-state index is 0.0735. The molecule has 0 amide bonds. The van der Waals surface area contributed by atoms with Crippen LogP contribution in [-0.2, 0) is 25.1 Å². The molecule has 1 aromatic carbocycles. The van der Waals surface area contributed by atoms with Gasteiger partial charge in [0.15, 0.2) is 0 Å². The summed E-state index contributed by atoms with van der Waals surface area (Å²) in [6, 6.07) is 9.30. The van der Waals surface area contributed by atoms with E-state index in [2.05, 4.69) is 5.16 Å². The number of benzene rings is 1. The molecule has 0 spiro atoms. The predicted molar refractivity (Wildman–Crippen MR) is 88.9 cm³/mol. The maximum Gasteiger partial charge on any atom is 0.330 e. The van der Waals surface area contributed by atoms with Crippen molar-refractivity contribution in [1.82, 2.24) is 0 Å². The van der Waals surface area contributed by atoms with Crippen molar-refractivity contribution >= 4 is 13.8 Å². The van der Waals surface area contributed by atoms with Crippen LogP contribution in [0.4, 0.5) is 0 Å². The lowest BCUT2D eigenvalue weighted by molar-refractivity contribution is -0.0350. The van der Waals surface area contributed by atoms with Gasteiger partial charge in [0.25, 0.3) is 0 Å². The third-order valence-electron chi connectivity index (χ3n) is 3.36. The second-order valence-electron chi connectivity index (χ2n) is 5.05. The largest absolute Gasteiger partial charge is 0.391 e. The van der Waals surface area contributed by atoms with Crippen molar-refractivity contribution < 1.29 is 33.8 Å². The molecule has 3 N–H and O–H groups in total. The van der Waals surface area contributed by atoms with Gasteiger partial charge in [0.2, 0.25) is 0 Å². The molecular weight excluding hydrogens is 337 g/mol. The fraction of sp³-hybridized carbons (Fsp3) is 0.533. The number of aliphatic hydroxyl groups excluding tert-OH is 3. The Labute approximate surface area is 141 Å². The van der Waals surface area contributed by atoms with Crippen LogP contribution in [0.2, 0.25) is 0 Å². The van der Waals surface area contributed by atoms with E-state index >= 15 is 0 Å². The topological polar surface area (TPSA) is 118 Å². The third-order valence-corrected chi connectivity index (χ3v) is 5.28. The van der Waals surface area contributed by atoms with Crippen LogP contribution in [0.5, 0.6) is 0 Å². The minimum Gasteiger partial charge on any atom is -0.391 e. The lowest BCUT2D eigenvalue weighted by atomic mass is 10.1. The van der Waals surface area contributed by atoms with Crippen molar-refractivity contribution in [2.45, 2.75) is 31.3 Å². The summed E-state index contributed by atoms with van der Waals surface area (Å²) < 4.78 is 21.3. The van der Waals surface area contributed by atoms with Gasteiger partial charge < -0.3 is 29.2 Å². The Morgan fingerprint density at radius 2 is 1.79 bits per heavy atom. The summed E-state index contributed by atoms with van der Waals surface area (Å²) in [4.78, 5) is 5.00. The number of oxime groups is 1. The maximum atomic E-state index is 11.8. The molecule has 0 radical (unpaired) electrons. The quantitative estimate of drug-likeness (QED) is 0.307. The van der Waals surface area contributed by atoms with Crippen LogP contribution < -0.4 is 0 Å². The van der Waals surface area contributed by atoms with Crippen LogP contribution >= 0.6 is 7.60 Å². The molecule has 0 bridgehead atoms. The lowest BCUT2D eigenvalue weighted by Gasteiger charge is -2.21. The molecule has 0 aliphatic heterocycles. The van der Waals surface area contributed by atoms with Gasteiger partial charge in [-0.25, -0.2) is 0 Å². The number of aliphatic hydroxyl groups is 3. The first-order chi connectivity index (χ1) is 11.4. The van der Waals surface area contributed by atoms with Crippen molar-refractivity contribution in [3.63, 3.8) is 0 Å². The van der Waals surface area contributed by atoms with E-state index in [1.165, 1.54) is 14.2 Å². The zero-order valence-electron chi connectivity index (χ0n) is 13.7. The van der Waals surface area contributed by atoms with Gasteiger partial charge in [0.05, 0.1) is 18.5 Å². The molecule has 9 heteroatoms. The van der Waals surface area contributed by atoms with Crippen molar-refractivity contribution in [1.29, 1.82) is 0 Å². The Balaban J connectivity index is 2.38. The van der Waals surface area contributed by atoms with E-state index in [4.69, 9.17) is 13.9 Å². The van der Waals surface area contributed by atoms with Crippen LogP contribution in [-0.4, -0.2) is 60.2 Å². The molecule has 0 aliphatic rings. The van der Waals surface area contributed by atoms with E-state index < -0.39 is 25.9 Å². The molecule has 24 heavy (non-hydrogen) atoms. The summed E-state index contributed by atoms with van der Waals surface area (Å²) >= 11 is 0. The Morgan fingerprint density at radius 3 is 2.38 bits per heavy atom. The van der Waals surface area contributed by atoms with Crippen LogP contribution in [0.3, 0.4) is 0 Å². The van der Waals surface area contributed by atoms with Gasteiger partial charge in [0.1, 0.15) is 18.8 Å². The summed E-state index contributed by atoms with van der Waals surface area (Å²) in [6.07, 6.45) is -3.43. The predicted octanol–water partition coefficient (Wildman–Crippen LogP) is 1.15. The Hall–Kier alpha value is -1.28. The second-order valence-corrected chi connectivity index (χ2v) is 7.45. The van der Waals surface area contributed by atoms with E-state index in [0.717, 1.165) is 11.8 Å². The summed E-state index contributed by atoms with van der Waals surface area (Å²) in [5, 5.41) is 33.0. The third kappa shape index (κ3) is 7.09. The molecule has 1 rings (SSSR count). The molecule has 0 heterocycles. The first kappa shape index (κ1) is 20.8. The average Bonchev–Trinajstić information content (AvgIpc) is 2.63. The van der Waals surface area contributed by atoms with E-state index in [1.807, 2.05) is 30.3 Å². The molecule has 0 aromatic heterocycles. The smallest absolute Gasteiger partial charge is 0.330 e. The molecule has 8 nitrogen and oxygen atoms in total. The summed E-state index contributed by atoms with van der Waals surface area (Å²) in [5.41, 5.74) is 0.902. The highest BCUT2D eigenvalue weighted by atomic mass is 31.2. The molecular formula is C15H24NO7P. The number of rotatable bonds is 11. The summed E-state index contributed by atoms with van der Waals surface area (Å²) in [5.74, 6) is 0.